The van der Waals surface area contributed by atoms with Gasteiger partial charge in [0.05, 0.1) is 0 Å². The fourth-order valence-corrected chi connectivity index (χ4v) is 2.07. The Morgan fingerprint density at radius 1 is 1.47 bits per heavy atom. The van der Waals surface area contributed by atoms with E-state index in [1.54, 1.807) is 11.8 Å². The van der Waals surface area contributed by atoms with Crippen molar-refractivity contribution < 1.29 is 9.90 Å². The quantitative estimate of drug-likeness (QED) is 0.775. The molecule has 0 aliphatic heterocycles. The van der Waals surface area contributed by atoms with Crippen molar-refractivity contribution in [3.05, 3.63) is 35.9 Å². The Bertz CT molecular complexity index is 381. The first-order chi connectivity index (χ1) is 8.15. The third-order valence-electron chi connectivity index (χ3n) is 2.25. The monoisotopic (exact) mass is 269 g/mol. The van der Waals surface area contributed by atoms with Gasteiger partial charge in [-0.3, -0.25) is 0 Å². The van der Waals surface area contributed by atoms with Gasteiger partial charge in [0.1, 0.15) is 11.0 Å². The molecule has 0 spiro atoms. The third kappa shape index (κ3) is 4.75. The van der Waals surface area contributed by atoms with E-state index in [4.69, 9.17) is 17.3 Å². The second kappa shape index (κ2) is 7.29. The van der Waals surface area contributed by atoms with Crippen LogP contribution in [0.2, 0.25) is 0 Å². The first kappa shape index (κ1) is 14.0. The molecule has 1 aromatic rings. The van der Waals surface area contributed by atoms with E-state index >= 15 is 0 Å². The molecule has 0 fully saturated rings. The van der Waals surface area contributed by atoms with Gasteiger partial charge in [-0.1, -0.05) is 42.5 Å². The van der Waals surface area contributed by atoms with Crippen LogP contribution >= 0.6 is 24.0 Å². The van der Waals surface area contributed by atoms with Crippen LogP contribution in [0.1, 0.15) is 12.0 Å². The standard InChI is InChI=1S/C12H15NO2S2/c1-17-8-7-10(12(14)15)13-11(16)9-5-3-2-4-6-9/h2-6,10H,7-8H2,1H3,(H,13,16)(H,14,15)/t10-/m0/s1. The number of carbonyl (C=O) groups is 1. The Morgan fingerprint density at radius 3 is 2.65 bits per heavy atom. The summed E-state index contributed by atoms with van der Waals surface area (Å²) in [5.74, 6) is -0.0706. The van der Waals surface area contributed by atoms with Crippen molar-refractivity contribution >= 4 is 34.9 Å². The summed E-state index contributed by atoms with van der Waals surface area (Å²) in [5.41, 5.74) is 0.845. The van der Waals surface area contributed by atoms with E-state index in [1.165, 1.54) is 0 Å². The molecule has 0 saturated heterocycles. The number of hydrogen-bond acceptors (Lipinski definition) is 3. The average Bonchev–Trinajstić information content (AvgIpc) is 2.35. The molecule has 1 aromatic carbocycles. The van der Waals surface area contributed by atoms with Crippen LogP contribution in [0.5, 0.6) is 0 Å². The average molecular weight is 269 g/mol. The summed E-state index contributed by atoms with van der Waals surface area (Å²) in [7, 11) is 0. The molecular formula is C12H15NO2S2. The highest BCUT2D eigenvalue weighted by Crippen LogP contribution is 2.04. The fraction of sp³-hybridized carbons (Fsp3) is 0.333. The molecule has 3 nitrogen and oxygen atoms in total. The van der Waals surface area contributed by atoms with Crippen LogP contribution in [0.15, 0.2) is 30.3 Å². The van der Waals surface area contributed by atoms with Crippen molar-refractivity contribution in [3.63, 3.8) is 0 Å². The lowest BCUT2D eigenvalue weighted by atomic mass is 10.2. The lowest BCUT2D eigenvalue weighted by Gasteiger charge is -2.15. The molecule has 0 amide bonds. The number of carboxylic acid groups (broad SMARTS) is 1. The molecular weight excluding hydrogens is 254 g/mol. The number of thiocarbonyl (C=S) groups is 1. The highest BCUT2D eigenvalue weighted by atomic mass is 32.2. The molecule has 1 rings (SSSR count). The van der Waals surface area contributed by atoms with Crippen LogP contribution in [0.25, 0.3) is 0 Å². The molecule has 0 aromatic heterocycles. The molecule has 0 bridgehead atoms. The first-order valence-corrected chi connectivity index (χ1v) is 7.03. The zero-order valence-corrected chi connectivity index (χ0v) is 11.2. The highest BCUT2D eigenvalue weighted by Gasteiger charge is 2.17. The second-order valence-electron chi connectivity index (χ2n) is 3.51. The van der Waals surface area contributed by atoms with E-state index in [0.717, 1.165) is 11.3 Å². The minimum Gasteiger partial charge on any atom is -0.480 e. The number of nitrogens with one attached hydrogen (secondary N) is 1. The maximum Gasteiger partial charge on any atom is 0.326 e. The van der Waals surface area contributed by atoms with Crippen molar-refractivity contribution in [2.45, 2.75) is 12.5 Å². The maximum atomic E-state index is 11.0. The normalized spacial score (nSPS) is 11.8. The molecule has 0 saturated carbocycles. The number of rotatable bonds is 6. The van der Waals surface area contributed by atoms with E-state index in [-0.39, 0.29) is 0 Å². The van der Waals surface area contributed by atoms with Crippen molar-refractivity contribution in [1.82, 2.24) is 5.32 Å². The summed E-state index contributed by atoms with van der Waals surface area (Å²) >= 11 is 6.81. The van der Waals surface area contributed by atoms with Gasteiger partial charge in [0.2, 0.25) is 0 Å². The smallest absolute Gasteiger partial charge is 0.326 e. The maximum absolute atomic E-state index is 11.0. The predicted octanol–water partition coefficient (Wildman–Crippen LogP) is 2.16. The number of carboxylic acids is 1. The van der Waals surface area contributed by atoms with E-state index in [9.17, 15) is 4.79 Å². The lowest BCUT2D eigenvalue weighted by Crippen LogP contribution is -2.40. The summed E-state index contributed by atoms with van der Waals surface area (Å²) in [6, 6.07) is 8.76. The molecule has 0 radical (unpaired) electrons. The minimum absolute atomic E-state index is 0.485. The van der Waals surface area contributed by atoms with Gasteiger partial charge in [-0.05, 0) is 18.4 Å². The Kier molecular flexibility index (Phi) is 6.00. The summed E-state index contributed by atoms with van der Waals surface area (Å²) in [6.45, 7) is 0. The van der Waals surface area contributed by atoms with E-state index in [2.05, 4.69) is 5.32 Å². The van der Waals surface area contributed by atoms with Gasteiger partial charge < -0.3 is 10.4 Å². The minimum atomic E-state index is -0.864. The van der Waals surface area contributed by atoms with Gasteiger partial charge in [-0.25, -0.2) is 4.79 Å². The third-order valence-corrected chi connectivity index (χ3v) is 3.25. The van der Waals surface area contributed by atoms with Crippen LogP contribution in [0, 0.1) is 0 Å². The number of thioether (sulfide) groups is 1. The molecule has 5 heteroatoms. The number of benzene rings is 1. The van der Waals surface area contributed by atoms with E-state index in [0.29, 0.717) is 11.4 Å². The van der Waals surface area contributed by atoms with Crippen LogP contribution in [0.3, 0.4) is 0 Å². The van der Waals surface area contributed by atoms with Crippen molar-refractivity contribution in [2.24, 2.45) is 0 Å². The molecule has 92 valence electrons. The van der Waals surface area contributed by atoms with Gasteiger partial charge in [-0.2, -0.15) is 11.8 Å². The van der Waals surface area contributed by atoms with Crippen molar-refractivity contribution in [2.75, 3.05) is 12.0 Å². The Hall–Kier alpha value is -1.07. The van der Waals surface area contributed by atoms with Crippen LogP contribution < -0.4 is 5.32 Å². The molecule has 0 aliphatic carbocycles. The molecule has 2 N–H and O–H groups in total. The molecule has 17 heavy (non-hydrogen) atoms. The van der Waals surface area contributed by atoms with Gasteiger partial charge in [0.25, 0.3) is 0 Å². The van der Waals surface area contributed by atoms with Crippen LogP contribution in [-0.2, 0) is 4.79 Å². The predicted molar refractivity (Wildman–Crippen MR) is 75.7 cm³/mol. The van der Waals surface area contributed by atoms with Gasteiger partial charge >= 0.3 is 5.97 Å². The Balaban J connectivity index is 2.61. The molecule has 0 unspecified atom stereocenters. The zero-order valence-electron chi connectivity index (χ0n) is 9.55. The lowest BCUT2D eigenvalue weighted by molar-refractivity contribution is -0.139. The summed E-state index contributed by atoms with van der Waals surface area (Å²) < 4.78 is 0. The molecule has 0 heterocycles. The van der Waals surface area contributed by atoms with Gasteiger partial charge in [0, 0.05) is 5.56 Å². The van der Waals surface area contributed by atoms with Crippen molar-refractivity contribution in [1.29, 1.82) is 0 Å². The first-order valence-electron chi connectivity index (χ1n) is 5.23. The Labute approximate surface area is 111 Å². The largest absolute Gasteiger partial charge is 0.480 e. The van der Waals surface area contributed by atoms with Gasteiger partial charge in [-0.15, -0.1) is 0 Å². The number of aliphatic carboxylic acids is 1. The molecule has 0 aliphatic rings. The zero-order chi connectivity index (χ0) is 12.7. The molecule has 1 atom stereocenters. The van der Waals surface area contributed by atoms with Crippen LogP contribution in [-0.4, -0.2) is 34.1 Å². The second-order valence-corrected chi connectivity index (χ2v) is 4.91. The number of hydrogen-bond donors (Lipinski definition) is 2. The summed E-state index contributed by atoms with van der Waals surface area (Å²) in [4.78, 5) is 11.5. The van der Waals surface area contributed by atoms with Crippen LogP contribution in [0.4, 0.5) is 0 Å². The van der Waals surface area contributed by atoms with E-state index < -0.39 is 12.0 Å². The summed E-state index contributed by atoms with van der Waals surface area (Å²) in [5, 5.41) is 12.0. The summed E-state index contributed by atoms with van der Waals surface area (Å²) in [6.07, 6.45) is 2.51. The SMILES string of the molecule is CSCC[C@H](NC(=S)c1ccccc1)C(=O)O. The highest BCUT2D eigenvalue weighted by molar-refractivity contribution is 7.98. The topological polar surface area (TPSA) is 49.3 Å². The van der Waals surface area contributed by atoms with Crippen molar-refractivity contribution in [3.8, 4) is 0 Å². The fourth-order valence-electron chi connectivity index (χ4n) is 1.32. The van der Waals surface area contributed by atoms with E-state index in [1.807, 2.05) is 36.6 Å². The van der Waals surface area contributed by atoms with Gasteiger partial charge in [0.15, 0.2) is 0 Å². The Morgan fingerprint density at radius 2 is 2.12 bits per heavy atom.